The highest BCUT2D eigenvalue weighted by molar-refractivity contribution is 7.08. The van der Waals surface area contributed by atoms with Crippen LogP contribution in [-0.2, 0) is 4.79 Å². The van der Waals surface area contributed by atoms with E-state index in [1.807, 2.05) is 38.8 Å². The first kappa shape index (κ1) is 15.3. The van der Waals surface area contributed by atoms with Gasteiger partial charge in [0.2, 0.25) is 5.91 Å². The Morgan fingerprint density at radius 2 is 2.17 bits per heavy atom. The third-order valence-corrected chi connectivity index (χ3v) is 5.79. The van der Waals surface area contributed by atoms with Crippen molar-refractivity contribution < 1.29 is 9.59 Å². The van der Waals surface area contributed by atoms with Crippen molar-refractivity contribution >= 4 is 28.8 Å². The summed E-state index contributed by atoms with van der Waals surface area (Å²) >= 11 is 1.52. The number of anilines is 1. The lowest BCUT2D eigenvalue weighted by Gasteiger charge is -2.39. The SMILES string of the molecule is O=C(c1ccsc1)N1CCCC2(CCN(c3cccnc3)C2=O)C1. The summed E-state index contributed by atoms with van der Waals surface area (Å²) in [6.45, 7) is 1.96. The summed E-state index contributed by atoms with van der Waals surface area (Å²) in [5.41, 5.74) is 1.15. The number of thiophene rings is 1. The fourth-order valence-electron chi connectivity index (χ4n) is 3.83. The van der Waals surface area contributed by atoms with Gasteiger partial charge in [-0.15, -0.1) is 0 Å². The number of hydrogen-bond acceptors (Lipinski definition) is 4. The average Bonchev–Trinajstić information content (AvgIpc) is 3.26. The van der Waals surface area contributed by atoms with E-state index < -0.39 is 5.41 Å². The van der Waals surface area contributed by atoms with Gasteiger partial charge in [-0.2, -0.15) is 11.3 Å². The molecule has 0 aromatic carbocycles. The molecule has 0 N–H and O–H groups in total. The number of likely N-dealkylation sites (tertiary alicyclic amines) is 1. The number of carbonyl (C=O) groups is 2. The quantitative estimate of drug-likeness (QED) is 0.844. The molecule has 2 aliphatic heterocycles. The molecule has 0 radical (unpaired) electrons. The predicted molar refractivity (Wildman–Crippen MR) is 93.1 cm³/mol. The van der Waals surface area contributed by atoms with Gasteiger partial charge in [0, 0.05) is 31.2 Å². The number of piperidine rings is 1. The Morgan fingerprint density at radius 1 is 1.25 bits per heavy atom. The molecule has 124 valence electrons. The summed E-state index contributed by atoms with van der Waals surface area (Å²) < 4.78 is 0. The van der Waals surface area contributed by atoms with E-state index in [1.165, 1.54) is 11.3 Å². The Hall–Kier alpha value is -2.21. The van der Waals surface area contributed by atoms with E-state index in [1.54, 1.807) is 12.4 Å². The minimum atomic E-state index is -0.431. The molecule has 1 spiro atoms. The zero-order chi connectivity index (χ0) is 16.6. The van der Waals surface area contributed by atoms with Crippen molar-refractivity contribution in [1.82, 2.24) is 9.88 Å². The van der Waals surface area contributed by atoms with E-state index in [2.05, 4.69) is 4.98 Å². The Bertz CT molecular complexity index is 747. The van der Waals surface area contributed by atoms with Gasteiger partial charge in [0.25, 0.3) is 5.91 Å². The molecule has 0 saturated carbocycles. The molecule has 4 rings (SSSR count). The van der Waals surface area contributed by atoms with Crippen LogP contribution in [-0.4, -0.2) is 41.3 Å². The molecule has 2 saturated heterocycles. The summed E-state index contributed by atoms with van der Waals surface area (Å²) in [6, 6.07) is 5.62. The molecule has 2 amide bonds. The number of aromatic nitrogens is 1. The molecular formula is C18H19N3O2S. The lowest BCUT2D eigenvalue weighted by Crippen LogP contribution is -2.49. The van der Waals surface area contributed by atoms with Gasteiger partial charge in [0.15, 0.2) is 0 Å². The number of nitrogens with zero attached hydrogens (tertiary/aromatic N) is 3. The zero-order valence-electron chi connectivity index (χ0n) is 13.4. The Kier molecular flexibility index (Phi) is 3.84. The van der Waals surface area contributed by atoms with Gasteiger partial charge in [-0.05, 0) is 42.8 Å². The molecule has 4 heterocycles. The van der Waals surface area contributed by atoms with Crippen LogP contribution in [0.3, 0.4) is 0 Å². The smallest absolute Gasteiger partial charge is 0.254 e. The van der Waals surface area contributed by atoms with Crippen molar-refractivity contribution in [2.45, 2.75) is 19.3 Å². The minimum Gasteiger partial charge on any atom is -0.338 e. The molecule has 5 nitrogen and oxygen atoms in total. The summed E-state index contributed by atoms with van der Waals surface area (Å²) in [5.74, 6) is 0.182. The molecule has 1 atom stereocenters. The van der Waals surface area contributed by atoms with E-state index in [4.69, 9.17) is 0 Å². The fraction of sp³-hybridized carbons (Fsp3) is 0.389. The molecule has 2 aromatic heterocycles. The molecule has 6 heteroatoms. The highest BCUT2D eigenvalue weighted by Gasteiger charge is 2.50. The van der Waals surface area contributed by atoms with Gasteiger partial charge in [-0.3, -0.25) is 14.6 Å². The Labute approximate surface area is 144 Å². The van der Waals surface area contributed by atoms with E-state index >= 15 is 0 Å². The molecule has 2 aliphatic rings. The van der Waals surface area contributed by atoms with Crippen molar-refractivity contribution in [2.24, 2.45) is 5.41 Å². The van der Waals surface area contributed by atoms with Crippen molar-refractivity contribution in [3.05, 3.63) is 46.9 Å². The van der Waals surface area contributed by atoms with Crippen LogP contribution < -0.4 is 4.90 Å². The number of rotatable bonds is 2. The van der Waals surface area contributed by atoms with Crippen LogP contribution in [0, 0.1) is 5.41 Å². The second-order valence-electron chi connectivity index (χ2n) is 6.54. The maximum atomic E-state index is 13.1. The number of pyridine rings is 1. The summed E-state index contributed by atoms with van der Waals surface area (Å²) in [7, 11) is 0. The van der Waals surface area contributed by atoms with Gasteiger partial charge in [0.1, 0.15) is 0 Å². The average molecular weight is 341 g/mol. The van der Waals surface area contributed by atoms with Crippen LogP contribution in [0.5, 0.6) is 0 Å². The van der Waals surface area contributed by atoms with E-state index in [0.29, 0.717) is 13.1 Å². The summed E-state index contributed by atoms with van der Waals surface area (Å²) in [6.07, 6.45) is 5.97. The first-order chi connectivity index (χ1) is 11.7. The molecule has 1 unspecified atom stereocenters. The van der Waals surface area contributed by atoms with Crippen molar-refractivity contribution in [3.63, 3.8) is 0 Å². The predicted octanol–water partition coefficient (Wildman–Crippen LogP) is 2.80. The third kappa shape index (κ3) is 2.51. The van der Waals surface area contributed by atoms with Crippen LogP contribution >= 0.6 is 11.3 Å². The van der Waals surface area contributed by atoms with Crippen molar-refractivity contribution in [1.29, 1.82) is 0 Å². The minimum absolute atomic E-state index is 0.0444. The molecule has 2 aromatic rings. The van der Waals surface area contributed by atoms with Crippen molar-refractivity contribution in [3.8, 4) is 0 Å². The van der Waals surface area contributed by atoms with Gasteiger partial charge in [-0.1, -0.05) is 0 Å². The lowest BCUT2D eigenvalue weighted by molar-refractivity contribution is -0.127. The van der Waals surface area contributed by atoms with Gasteiger partial charge in [-0.25, -0.2) is 0 Å². The molecule has 24 heavy (non-hydrogen) atoms. The third-order valence-electron chi connectivity index (χ3n) is 5.10. The number of carbonyl (C=O) groups excluding carboxylic acids is 2. The highest BCUT2D eigenvalue weighted by Crippen LogP contribution is 2.42. The second kappa shape index (κ2) is 6.02. The number of hydrogen-bond donors (Lipinski definition) is 0. The zero-order valence-corrected chi connectivity index (χ0v) is 14.2. The monoisotopic (exact) mass is 341 g/mol. The fourth-order valence-corrected chi connectivity index (χ4v) is 4.46. The van der Waals surface area contributed by atoms with Gasteiger partial charge < -0.3 is 9.80 Å². The Balaban J connectivity index is 1.55. The van der Waals surface area contributed by atoms with Crippen LogP contribution in [0.1, 0.15) is 29.6 Å². The maximum absolute atomic E-state index is 13.1. The molecular weight excluding hydrogens is 322 g/mol. The second-order valence-corrected chi connectivity index (χ2v) is 7.32. The largest absolute Gasteiger partial charge is 0.338 e. The standard InChI is InChI=1S/C18H19N3O2S/c22-16(14-4-10-24-12-14)20-8-2-5-18(13-20)6-9-21(17(18)23)15-3-1-7-19-11-15/h1,3-4,7,10-12H,2,5-6,8-9,13H2. The van der Waals surface area contributed by atoms with Gasteiger partial charge >= 0.3 is 0 Å². The first-order valence-electron chi connectivity index (χ1n) is 8.23. The molecule has 2 fully saturated rings. The topological polar surface area (TPSA) is 53.5 Å². The highest BCUT2D eigenvalue weighted by atomic mass is 32.1. The Morgan fingerprint density at radius 3 is 2.92 bits per heavy atom. The van der Waals surface area contributed by atoms with Crippen LogP contribution in [0.25, 0.3) is 0 Å². The van der Waals surface area contributed by atoms with Gasteiger partial charge in [0.05, 0.1) is 22.9 Å². The molecule has 0 bridgehead atoms. The normalized spacial score (nSPS) is 23.9. The van der Waals surface area contributed by atoms with Crippen LogP contribution in [0.4, 0.5) is 5.69 Å². The van der Waals surface area contributed by atoms with Crippen LogP contribution in [0.2, 0.25) is 0 Å². The lowest BCUT2D eigenvalue weighted by atomic mass is 9.78. The van der Waals surface area contributed by atoms with Crippen LogP contribution in [0.15, 0.2) is 41.4 Å². The maximum Gasteiger partial charge on any atom is 0.254 e. The van der Waals surface area contributed by atoms with Crippen molar-refractivity contribution in [2.75, 3.05) is 24.5 Å². The number of amides is 2. The summed E-state index contributed by atoms with van der Waals surface area (Å²) in [4.78, 5) is 33.6. The summed E-state index contributed by atoms with van der Waals surface area (Å²) in [5, 5.41) is 3.79. The first-order valence-corrected chi connectivity index (χ1v) is 9.17. The van der Waals surface area contributed by atoms with E-state index in [9.17, 15) is 9.59 Å². The molecule has 0 aliphatic carbocycles. The van der Waals surface area contributed by atoms with E-state index in [-0.39, 0.29) is 11.8 Å². The van der Waals surface area contributed by atoms with E-state index in [0.717, 1.165) is 37.1 Å².